The van der Waals surface area contributed by atoms with Gasteiger partial charge in [0.2, 0.25) is 5.95 Å². The SMILES string of the molecule is CCN(C(=O)c1cc(C)nc(NCCCc2ccccc2)n1)c1cccc(C)c1. The van der Waals surface area contributed by atoms with Crippen LogP contribution in [0.2, 0.25) is 0 Å². The standard InChI is InChI=1S/C24H28N4O/c1-4-28(21-14-8-10-18(2)16-21)23(29)22-17-19(3)26-24(27-22)25-15-9-13-20-11-6-5-7-12-20/h5-8,10-12,14,16-17H,4,9,13,15H2,1-3H3,(H,25,26,27). The molecular formula is C24H28N4O. The molecule has 0 aliphatic carbocycles. The fraction of sp³-hybridized carbons (Fsp3) is 0.292. The zero-order valence-corrected chi connectivity index (χ0v) is 17.4. The third-order valence-corrected chi connectivity index (χ3v) is 4.72. The van der Waals surface area contributed by atoms with Gasteiger partial charge in [0.05, 0.1) is 0 Å². The Labute approximate surface area is 172 Å². The topological polar surface area (TPSA) is 58.1 Å². The predicted molar refractivity (Wildman–Crippen MR) is 119 cm³/mol. The number of carbonyl (C=O) groups excluding carboxylic acids is 1. The summed E-state index contributed by atoms with van der Waals surface area (Å²) >= 11 is 0. The molecule has 0 atom stereocenters. The van der Waals surface area contributed by atoms with E-state index in [1.165, 1.54) is 5.56 Å². The van der Waals surface area contributed by atoms with Crippen LogP contribution in [0.5, 0.6) is 0 Å². The van der Waals surface area contributed by atoms with Crippen molar-refractivity contribution in [3.8, 4) is 0 Å². The third-order valence-electron chi connectivity index (χ3n) is 4.72. The molecule has 1 amide bonds. The van der Waals surface area contributed by atoms with Gasteiger partial charge in [0.15, 0.2) is 0 Å². The van der Waals surface area contributed by atoms with E-state index in [-0.39, 0.29) is 5.91 Å². The minimum absolute atomic E-state index is 0.115. The Kier molecular flexibility index (Phi) is 6.95. The Bertz CT molecular complexity index is 956. The van der Waals surface area contributed by atoms with Gasteiger partial charge >= 0.3 is 0 Å². The zero-order valence-electron chi connectivity index (χ0n) is 17.4. The maximum atomic E-state index is 13.1. The highest BCUT2D eigenvalue weighted by Crippen LogP contribution is 2.19. The molecule has 0 spiro atoms. The van der Waals surface area contributed by atoms with Crippen LogP contribution in [0.1, 0.15) is 40.7 Å². The van der Waals surface area contributed by atoms with Crippen molar-refractivity contribution >= 4 is 17.5 Å². The van der Waals surface area contributed by atoms with Crippen molar-refractivity contribution in [1.82, 2.24) is 9.97 Å². The van der Waals surface area contributed by atoms with E-state index in [0.29, 0.717) is 18.2 Å². The predicted octanol–water partition coefficient (Wildman–Crippen LogP) is 4.80. The number of aryl methyl sites for hydroxylation is 3. The van der Waals surface area contributed by atoms with Gasteiger partial charge in [-0.1, -0.05) is 42.5 Å². The first-order chi connectivity index (χ1) is 14.1. The van der Waals surface area contributed by atoms with Crippen LogP contribution in [0.25, 0.3) is 0 Å². The first-order valence-electron chi connectivity index (χ1n) is 10.1. The summed E-state index contributed by atoms with van der Waals surface area (Å²) in [6, 6.07) is 20.1. The number of aromatic nitrogens is 2. The molecule has 2 aromatic carbocycles. The molecule has 0 bridgehead atoms. The monoisotopic (exact) mass is 388 g/mol. The van der Waals surface area contributed by atoms with E-state index in [2.05, 4.69) is 39.6 Å². The van der Waals surface area contributed by atoms with Crippen LogP contribution in [0.4, 0.5) is 11.6 Å². The van der Waals surface area contributed by atoms with E-state index < -0.39 is 0 Å². The number of rotatable bonds is 8. The van der Waals surface area contributed by atoms with Crippen LogP contribution >= 0.6 is 0 Å². The largest absolute Gasteiger partial charge is 0.354 e. The van der Waals surface area contributed by atoms with Gasteiger partial charge in [0.25, 0.3) is 5.91 Å². The Hall–Kier alpha value is -3.21. The van der Waals surface area contributed by atoms with Crippen molar-refractivity contribution in [2.24, 2.45) is 0 Å². The minimum atomic E-state index is -0.115. The van der Waals surface area contributed by atoms with E-state index >= 15 is 0 Å². The molecule has 0 aliphatic heterocycles. The van der Waals surface area contributed by atoms with Gasteiger partial charge < -0.3 is 10.2 Å². The molecule has 0 aliphatic rings. The minimum Gasteiger partial charge on any atom is -0.354 e. The second-order valence-electron chi connectivity index (χ2n) is 7.12. The molecule has 1 N–H and O–H groups in total. The van der Waals surface area contributed by atoms with Crippen molar-refractivity contribution in [3.63, 3.8) is 0 Å². The van der Waals surface area contributed by atoms with Crippen LogP contribution < -0.4 is 10.2 Å². The van der Waals surface area contributed by atoms with E-state index in [1.54, 1.807) is 11.0 Å². The van der Waals surface area contributed by atoms with Crippen LogP contribution in [0, 0.1) is 13.8 Å². The lowest BCUT2D eigenvalue weighted by molar-refractivity contribution is 0.0983. The average Bonchev–Trinajstić information content (AvgIpc) is 2.72. The van der Waals surface area contributed by atoms with Crippen molar-refractivity contribution < 1.29 is 4.79 Å². The number of benzene rings is 2. The summed E-state index contributed by atoms with van der Waals surface area (Å²) < 4.78 is 0. The van der Waals surface area contributed by atoms with E-state index in [0.717, 1.165) is 36.3 Å². The van der Waals surface area contributed by atoms with Gasteiger partial charge in [-0.25, -0.2) is 9.97 Å². The molecule has 3 aromatic rings. The van der Waals surface area contributed by atoms with Gasteiger partial charge in [-0.05, 0) is 62.9 Å². The quantitative estimate of drug-likeness (QED) is 0.563. The maximum Gasteiger partial charge on any atom is 0.277 e. The highest BCUT2D eigenvalue weighted by atomic mass is 16.2. The molecule has 0 saturated heterocycles. The maximum absolute atomic E-state index is 13.1. The molecule has 5 heteroatoms. The highest BCUT2D eigenvalue weighted by Gasteiger charge is 2.19. The lowest BCUT2D eigenvalue weighted by Crippen LogP contribution is -2.31. The number of nitrogens with one attached hydrogen (secondary N) is 1. The fourth-order valence-electron chi connectivity index (χ4n) is 3.27. The van der Waals surface area contributed by atoms with E-state index in [1.807, 2.05) is 51.1 Å². The first-order valence-corrected chi connectivity index (χ1v) is 10.1. The number of amides is 1. The molecule has 0 unspecified atom stereocenters. The summed E-state index contributed by atoms with van der Waals surface area (Å²) in [5.41, 5.74) is 4.49. The summed E-state index contributed by atoms with van der Waals surface area (Å²) in [5, 5.41) is 3.26. The molecule has 1 aromatic heterocycles. The van der Waals surface area contributed by atoms with Crippen LogP contribution in [0.15, 0.2) is 60.7 Å². The summed E-state index contributed by atoms with van der Waals surface area (Å²) in [6.07, 6.45) is 1.96. The number of carbonyl (C=O) groups is 1. The van der Waals surface area contributed by atoms with E-state index in [9.17, 15) is 4.79 Å². The molecule has 1 heterocycles. The highest BCUT2D eigenvalue weighted by molar-refractivity contribution is 6.05. The lowest BCUT2D eigenvalue weighted by atomic mass is 10.1. The second-order valence-corrected chi connectivity index (χ2v) is 7.12. The van der Waals surface area contributed by atoms with Gasteiger partial charge in [-0.3, -0.25) is 4.79 Å². The van der Waals surface area contributed by atoms with Crippen LogP contribution in [-0.4, -0.2) is 29.0 Å². The smallest absolute Gasteiger partial charge is 0.277 e. The number of hydrogen-bond donors (Lipinski definition) is 1. The molecule has 150 valence electrons. The van der Waals surface area contributed by atoms with E-state index in [4.69, 9.17) is 0 Å². The van der Waals surface area contributed by atoms with Gasteiger partial charge in [-0.15, -0.1) is 0 Å². The van der Waals surface area contributed by atoms with Crippen molar-refractivity contribution in [3.05, 3.63) is 83.2 Å². The average molecular weight is 389 g/mol. The third kappa shape index (κ3) is 5.64. The lowest BCUT2D eigenvalue weighted by Gasteiger charge is -2.21. The van der Waals surface area contributed by atoms with Crippen molar-refractivity contribution in [2.45, 2.75) is 33.6 Å². The summed E-state index contributed by atoms with van der Waals surface area (Å²) in [5.74, 6) is 0.387. The zero-order chi connectivity index (χ0) is 20.6. The molecule has 0 saturated carbocycles. The Balaban J connectivity index is 1.68. The molecule has 0 fully saturated rings. The Morgan fingerprint density at radius 2 is 1.79 bits per heavy atom. The summed E-state index contributed by atoms with van der Waals surface area (Å²) in [6.45, 7) is 7.20. The summed E-state index contributed by atoms with van der Waals surface area (Å²) in [7, 11) is 0. The number of anilines is 2. The molecular weight excluding hydrogens is 360 g/mol. The Morgan fingerprint density at radius 3 is 2.52 bits per heavy atom. The van der Waals surface area contributed by atoms with Gasteiger partial charge in [0.1, 0.15) is 5.69 Å². The van der Waals surface area contributed by atoms with Crippen molar-refractivity contribution in [1.29, 1.82) is 0 Å². The van der Waals surface area contributed by atoms with Gasteiger partial charge in [0, 0.05) is 24.5 Å². The second kappa shape index (κ2) is 9.82. The van der Waals surface area contributed by atoms with Gasteiger partial charge in [-0.2, -0.15) is 0 Å². The molecule has 0 radical (unpaired) electrons. The Morgan fingerprint density at radius 1 is 1.00 bits per heavy atom. The van der Waals surface area contributed by atoms with Crippen LogP contribution in [0.3, 0.4) is 0 Å². The molecule has 3 rings (SSSR count). The number of hydrogen-bond acceptors (Lipinski definition) is 4. The van der Waals surface area contributed by atoms with Crippen LogP contribution in [-0.2, 0) is 6.42 Å². The van der Waals surface area contributed by atoms with Crippen molar-refractivity contribution in [2.75, 3.05) is 23.3 Å². The molecule has 5 nitrogen and oxygen atoms in total. The first kappa shape index (κ1) is 20.5. The fourth-order valence-corrected chi connectivity index (χ4v) is 3.27. The number of nitrogens with zero attached hydrogens (tertiary/aromatic N) is 3. The summed E-state index contributed by atoms with van der Waals surface area (Å²) in [4.78, 5) is 23.8. The normalized spacial score (nSPS) is 10.6. The molecule has 29 heavy (non-hydrogen) atoms.